The Balaban J connectivity index is 1.58. The number of anilines is 1. The lowest BCUT2D eigenvalue weighted by Gasteiger charge is -2.08. The third-order valence-electron chi connectivity index (χ3n) is 4.47. The van der Waals surface area contributed by atoms with Gasteiger partial charge in [-0.1, -0.05) is 23.7 Å². The average Bonchev–Trinajstić information content (AvgIpc) is 3.13. The molecule has 0 aliphatic rings. The van der Waals surface area contributed by atoms with E-state index >= 15 is 0 Å². The molecule has 0 saturated heterocycles. The van der Waals surface area contributed by atoms with Gasteiger partial charge in [-0.3, -0.25) is 9.59 Å². The quantitative estimate of drug-likeness (QED) is 0.423. The maximum absolute atomic E-state index is 13.2. The first-order chi connectivity index (χ1) is 15.4. The molecule has 2 N–H and O–H groups in total. The van der Waals surface area contributed by atoms with Crippen LogP contribution in [0.2, 0.25) is 5.02 Å². The molecule has 2 amide bonds. The molecule has 0 unspecified atom stereocenters. The third kappa shape index (κ3) is 6.29. The lowest BCUT2D eigenvalue weighted by molar-refractivity contribution is 0.0953. The van der Waals surface area contributed by atoms with Crippen LogP contribution in [0.5, 0.6) is 5.75 Å². The molecule has 168 valence electrons. The fraction of sp³-hybridized carbons (Fsp3) is 0.217. The number of thiophene rings is 1. The van der Waals surface area contributed by atoms with E-state index in [9.17, 15) is 14.0 Å². The second-order valence-electron chi connectivity index (χ2n) is 6.87. The molecule has 3 aromatic rings. The van der Waals surface area contributed by atoms with Crippen molar-refractivity contribution >= 4 is 39.8 Å². The van der Waals surface area contributed by atoms with Crippen LogP contribution in [0.4, 0.5) is 9.39 Å². The first-order valence-electron chi connectivity index (χ1n) is 9.73. The van der Waals surface area contributed by atoms with Crippen molar-refractivity contribution in [1.29, 1.82) is 0 Å². The van der Waals surface area contributed by atoms with Crippen LogP contribution in [0.3, 0.4) is 0 Å². The SMILES string of the molecule is COCCOc1ccc(CNC(=O)c2sc(NC(=O)c3ccc(F)cc3Cl)cc2C)cc1. The van der Waals surface area contributed by atoms with Crippen molar-refractivity contribution in [1.82, 2.24) is 5.32 Å². The van der Waals surface area contributed by atoms with E-state index in [1.54, 1.807) is 20.1 Å². The lowest BCUT2D eigenvalue weighted by Crippen LogP contribution is -2.22. The van der Waals surface area contributed by atoms with Crippen molar-refractivity contribution in [3.63, 3.8) is 0 Å². The van der Waals surface area contributed by atoms with E-state index in [0.717, 1.165) is 40.3 Å². The summed E-state index contributed by atoms with van der Waals surface area (Å²) < 4.78 is 23.7. The van der Waals surface area contributed by atoms with Gasteiger partial charge in [0.2, 0.25) is 0 Å². The minimum Gasteiger partial charge on any atom is -0.491 e. The van der Waals surface area contributed by atoms with E-state index in [2.05, 4.69) is 10.6 Å². The van der Waals surface area contributed by atoms with E-state index < -0.39 is 11.7 Å². The highest BCUT2D eigenvalue weighted by Gasteiger charge is 2.17. The molecule has 32 heavy (non-hydrogen) atoms. The Bertz CT molecular complexity index is 1100. The number of rotatable bonds is 9. The predicted molar refractivity (Wildman–Crippen MR) is 123 cm³/mol. The summed E-state index contributed by atoms with van der Waals surface area (Å²) in [5.74, 6) is -0.511. The molecule has 1 heterocycles. The Labute approximate surface area is 194 Å². The number of methoxy groups -OCH3 is 1. The molecule has 0 atom stereocenters. The molecule has 3 rings (SSSR count). The summed E-state index contributed by atoms with van der Waals surface area (Å²) in [5, 5.41) is 6.10. The van der Waals surface area contributed by atoms with Gasteiger partial charge >= 0.3 is 0 Å². The first-order valence-corrected chi connectivity index (χ1v) is 10.9. The Morgan fingerprint density at radius 1 is 1.06 bits per heavy atom. The Kier molecular flexibility index (Phi) is 8.21. The number of amides is 2. The largest absolute Gasteiger partial charge is 0.491 e. The van der Waals surface area contributed by atoms with Gasteiger partial charge in [-0.05, 0) is 54.4 Å². The molecule has 1 aromatic heterocycles. The Hall–Kier alpha value is -2.94. The third-order valence-corrected chi connectivity index (χ3v) is 5.93. The summed E-state index contributed by atoms with van der Waals surface area (Å²) in [5.41, 5.74) is 1.81. The van der Waals surface area contributed by atoms with Crippen LogP contribution < -0.4 is 15.4 Å². The van der Waals surface area contributed by atoms with E-state index in [1.165, 1.54) is 6.07 Å². The van der Waals surface area contributed by atoms with Crippen molar-refractivity contribution in [2.45, 2.75) is 13.5 Å². The van der Waals surface area contributed by atoms with Gasteiger partial charge in [0, 0.05) is 13.7 Å². The summed E-state index contributed by atoms with van der Waals surface area (Å²) in [7, 11) is 1.61. The van der Waals surface area contributed by atoms with Crippen LogP contribution in [0.15, 0.2) is 48.5 Å². The maximum Gasteiger partial charge on any atom is 0.261 e. The average molecular weight is 477 g/mol. The highest BCUT2D eigenvalue weighted by Crippen LogP contribution is 2.28. The number of carbonyl (C=O) groups is 2. The van der Waals surface area contributed by atoms with E-state index in [0.29, 0.717) is 29.6 Å². The van der Waals surface area contributed by atoms with Gasteiger partial charge in [-0.15, -0.1) is 11.3 Å². The van der Waals surface area contributed by atoms with Crippen LogP contribution in [0, 0.1) is 12.7 Å². The Morgan fingerprint density at radius 2 is 1.81 bits per heavy atom. The normalized spacial score (nSPS) is 10.6. The van der Waals surface area contributed by atoms with Crippen LogP contribution >= 0.6 is 22.9 Å². The topological polar surface area (TPSA) is 76.7 Å². The number of aryl methyl sites for hydroxylation is 1. The second-order valence-corrected chi connectivity index (χ2v) is 8.33. The summed E-state index contributed by atoms with van der Waals surface area (Å²) in [6, 6.07) is 12.7. The molecule has 0 spiro atoms. The van der Waals surface area contributed by atoms with Gasteiger partial charge in [0.15, 0.2) is 0 Å². The zero-order chi connectivity index (χ0) is 23.1. The number of benzene rings is 2. The van der Waals surface area contributed by atoms with Crippen LogP contribution in [0.1, 0.15) is 31.2 Å². The molecule has 0 saturated carbocycles. The minimum atomic E-state index is -0.522. The van der Waals surface area contributed by atoms with E-state index in [1.807, 2.05) is 24.3 Å². The molecule has 0 bridgehead atoms. The fourth-order valence-corrected chi connectivity index (χ4v) is 4.07. The molecule has 0 aliphatic carbocycles. The molecular formula is C23H22ClFN2O4S. The maximum atomic E-state index is 13.2. The van der Waals surface area contributed by atoms with Gasteiger partial charge in [0.05, 0.1) is 27.1 Å². The van der Waals surface area contributed by atoms with E-state index in [4.69, 9.17) is 21.1 Å². The molecule has 0 fully saturated rings. The summed E-state index contributed by atoms with van der Waals surface area (Å²) in [4.78, 5) is 25.5. The Morgan fingerprint density at radius 3 is 2.50 bits per heavy atom. The van der Waals surface area contributed by atoms with Crippen molar-refractivity contribution in [3.05, 3.63) is 80.9 Å². The minimum absolute atomic E-state index is 0.0175. The number of ether oxygens (including phenoxy) is 2. The number of carbonyl (C=O) groups excluding carboxylic acids is 2. The first kappa shape index (κ1) is 23.7. The number of halogens is 2. The van der Waals surface area contributed by atoms with Crippen molar-refractivity contribution in [3.8, 4) is 5.75 Å². The molecule has 0 radical (unpaired) electrons. The van der Waals surface area contributed by atoms with Crippen LogP contribution in [-0.2, 0) is 11.3 Å². The number of nitrogens with one attached hydrogen (secondary N) is 2. The van der Waals surface area contributed by atoms with Crippen molar-refractivity contribution in [2.75, 3.05) is 25.6 Å². The van der Waals surface area contributed by atoms with Gasteiger partial charge in [0.25, 0.3) is 11.8 Å². The van der Waals surface area contributed by atoms with Crippen LogP contribution in [-0.4, -0.2) is 32.1 Å². The number of hydrogen-bond donors (Lipinski definition) is 2. The monoisotopic (exact) mass is 476 g/mol. The van der Waals surface area contributed by atoms with Crippen molar-refractivity contribution in [2.24, 2.45) is 0 Å². The number of hydrogen-bond acceptors (Lipinski definition) is 5. The second kappa shape index (κ2) is 11.1. The summed E-state index contributed by atoms with van der Waals surface area (Å²) in [6.45, 7) is 3.12. The van der Waals surface area contributed by atoms with Crippen LogP contribution in [0.25, 0.3) is 0 Å². The van der Waals surface area contributed by atoms with Crippen molar-refractivity contribution < 1.29 is 23.5 Å². The van der Waals surface area contributed by atoms with Gasteiger partial charge in [0.1, 0.15) is 18.2 Å². The fourth-order valence-electron chi connectivity index (χ4n) is 2.83. The zero-order valence-corrected chi connectivity index (χ0v) is 19.1. The standard InChI is InChI=1S/C23H22ClFN2O4S/c1-14-11-20(27-22(28)18-8-5-16(25)12-19(18)24)32-21(14)23(29)26-13-15-3-6-17(7-4-15)31-10-9-30-2/h3-8,11-12H,9-10,13H2,1-2H3,(H,26,29)(H,27,28). The lowest BCUT2D eigenvalue weighted by atomic mass is 10.2. The van der Waals surface area contributed by atoms with Gasteiger partial charge < -0.3 is 20.1 Å². The highest BCUT2D eigenvalue weighted by atomic mass is 35.5. The molecule has 0 aliphatic heterocycles. The predicted octanol–water partition coefficient (Wildman–Crippen LogP) is 5.06. The molecule has 9 heteroatoms. The molecular weight excluding hydrogens is 455 g/mol. The van der Waals surface area contributed by atoms with E-state index in [-0.39, 0.29) is 16.5 Å². The molecule has 2 aromatic carbocycles. The summed E-state index contributed by atoms with van der Waals surface area (Å²) in [6.07, 6.45) is 0. The van der Waals surface area contributed by atoms with Gasteiger partial charge in [-0.25, -0.2) is 4.39 Å². The molecule has 6 nitrogen and oxygen atoms in total. The van der Waals surface area contributed by atoms with Gasteiger partial charge in [-0.2, -0.15) is 0 Å². The smallest absolute Gasteiger partial charge is 0.261 e. The zero-order valence-electron chi connectivity index (χ0n) is 17.5. The summed E-state index contributed by atoms with van der Waals surface area (Å²) >= 11 is 7.10. The highest BCUT2D eigenvalue weighted by molar-refractivity contribution is 7.18.